The highest BCUT2D eigenvalue weighted by Gasteiger charge is 2.23. The molecule has 0 radical (unpaired) electrons. The first-order valence-electron chi connectivity index (χ1n) is 10.1. The monoisotopic (exact) mass is 400 g/mol. The van der Waals surface area contributed by atoms with Gasteiger partial charge in [-0.05, 0) is 35.7 Å². The number of para-hydroxylation sites is 1. The van der Waals surface area contributed by atoms with Crippen molar-refractivity contribution in [2.75, 3.05) is 39.3 Å². The maximum absolute atomic E-state index is 13.6. The van der Waals surface area contributed by atoms with Crippen LogP contribution in [0.5, 0.6) is 5.75 Å². The van der Waals surface area contributed by atoms with Gasteiger partial charge in [-0.1, -0.05) is 38.1 Å². The molecular weight excluding hydrogens is 371 g/mol. The number of nitrogens with zero attached hydrogens (tertiary/aromatic N) is 2. The fraction of sp³-hybridized carbons (Fsp3) is 0.435. The number of benzene rings is 2. The molecule has 0 spiro atoms. The van der Waals surface area contributed by atoms with E-state index in [4.69, 9.17) is 4.74 Å². The number of amides is 1. The summed E-state index contributed by atoms with van der Waals surface area (Å²) in [6, 6.07) is 14.0. The van der Waals surface area contributed by atoms with Crippen molar-refractivity contribution < 1.29 is 19.0 Å². The molecular formula is C23H29FN2O3. The molecule has 0 unspecified atom stereocenters. The smallest absolute Gasteiger partial charge is 0.253 e. The second kappa shape index (κ2) is 9.85. The first-order valence-corrected chi connectivity index (χ1v) is 10.1. The lowest BCUT2D eigenvalue weighted by Crippen LogP contribution is -2.51. The zero-order chi connectivity index (χ0) is 20.8. The molecule has 0 bridgehead atoms. The third kappa shape index (κ3) is 5.78. The fourth-order valence-corrected chi connectivity index (χ4v) is 3.43. The van der Waals surface area contributed by atoms with E-state index in [2.05, 4.69) is 18.7 Å². The highest BCUT2D eigenvalue weighted by molar-refractivity contribution is 5.94. The van der Waals surface area contributed by atoms with Gasteiger partial charge in [-0.25, -0.2) is 4.39 Å². The van der Waals surface area contributed by atoms with Crippen LogP contribution in [-0.4, -0.2) is 66.2 Å². The van der Waals surface area contributed by atoms with E-state index in [0.29, 0.717) is 44.2 Å². The highest BCUT2D eigenvalue weighted by atomic mass is 19.1. The summed E-state index contributed by atoms with van der Waals surface area (Å²) >= 11 is 0. The molecule has 1 fully saturated rings. The molecule has 1 amide bonds. The van der Waals surface area contributed by atoms with Crippen molar-refractivity contribution in [3.63, 3.8) is 0 Å². The Kier molecular flexibility index (Phi) is 7.23. The number of hydrogen-bond acceptors (Lipinski definition) is 4. The van der Waals surface area contributed by atoms with E-state index in [1.54, 1.807) is 18.2 Å². The number of aliphatic hydroxyl groups is 1. The first-order chi connectivity index (χ1) is 13.9. The summed E-state index contributed by atoms with van der Waals surface area (Å²) in [6.07, 6.45) is -0.722. The van der Waals surface area contributed by atoms with Gasteiger partial charge in [0.1, 0.15) is 12.7 Å². The molecule has 1 N–H and O–H groups in total. The molecule has 1 atom stereocenters. The Bertz CT molecular complexity index is 802. The molecule has 1 aliphatic heterocycles. The topological polar surface area (TPSA) is 53.0 Å². The van der Waals surface area contributed by atoms with Crippen LogP contribution in [0.3, 0.4) is 0 Å². The summed E-state index contributed by atoms with van der Waals surface area (Å²) in [5.41, 5.74) is 1.93. The van der Waals surface area contributed by atoms with Gasteiger partial charge in [-0.15, -0.1) is 0 Å². The average molecular weight is 400 g/mol. The van der Waals surface area contributed by atoms with Gasteiger partial charge in [-0.2, -0.15) is 0 Å². The molecule has 0 aliphatic carbocycles. The molecule has 5 nitrogen and oxygen atoms in total. The van der Waals surface area contributed by atoms with E-state index >= 15 is 0 Å². The predicted molar refractivity (Wildman–Crippen MR) is 111 cm³/mol. The Balaban J connectivity index is 1.43. The van der Waals surface area contributed by atoms with Crippen molar-refractivity contribution in [2.45, 2.75) is 25.9 Å². The minimum Gasteiger partial charge on any atom is -0.488 e. The van der Waals surface area contributed by atoms with E-state index in [9.17, 15) is 14.3 Å². The van der Waals surface area contributed by atoms with Crippen LogP contribution in [0.15, 0.2) is 48.5 Å². The fourth-order valence-electron chi connectivity index (χ4n) is 3.43. The molecule has 156 valence electrons. The van der Waals surface area contributed by atoms with Crippen molar-refractivity contribution in [2.24, 2.45) is 0 Å². The van der Waals surface area contributed by atoms with Crippen molar-refractivity contribution in [1.82, 2.24) is 9.80 Å². The van der Waals surface area contributed by atoms with Gasteiger partial charge in [0, 0.05) is 38.3 Å². The number of carbonyl (C=O) groups excluding carboxylic acids is 1. The maximum atomic E-state index is 13.6. The molecule has 3 rings (SSSR count). The molecule has 0 saturated carbocycles. The van der Waals surface area contributed by atoms with Crippen LogP contribution >= 0.6 is 0 Å². The van der Waals surface area contributed by atoms with E-state index in [-0.39, 0.29) is 18.3 Å². The predicted octanol–water partition coefficient (Wildman–Crippen LogP) is 3.15. The summed E-state index contributed by atoms with van der Waals surface area (Å²) in [7, 11) is 0. The summed E-state index contributed by atoms with van der Waals surface area (Å²) in [5, 5.41) is 10.2. The molecule has 2 aromatic carbocycles. The van der Waals surface area contributed by atoms with Crippen LogP contribution in [0.2, 0.25) is 0 Å². The Morgan fingerprint density at radius 1 is 1.07 bits per heavy atom. The van der Waals surface area contributed by atoms with Crippen LogP contribution in [0.4, 0.5) is 4.39 Å². The third-order valence-corrected chi connectivity index (χ3v) is 5.22. The second-order valence-electron chi connectivity index (χ2n) is 7.76. The highest BCUT2D eigenvalue weighted by Crippen LogP contribution is 2.17. The largest absolute Gasteiger partial charge is 0.488 e. The Hall–Kier alpha value is -2.44. The van der Waals surface area contributed by atoms with Gasteiger partial charge < -0.3 is 14.7 Å². The van der Waals surface area contributed by atoms with E-state index < -0.39 is 11.9 Å². The molecule has 0 aromatic heterocycles. The van der Waals surface area contributed by atoms with E-state index in [0.717, 1.165) is 0 Å². The third-order valence-electron chi connectivity index (χ3n) is 5.22. The number of β-amino-alcohol motifs (C(OH)–C–C–N with tert-alkyl or cyclic N) is 1. The molecule has 29 heavy (non-hydrogen) atoms. The SMILES string of the molecule is CC(C)c1ccc(C(=O)N2CCN(C[C@@H](O)COc3ccccc3F)CC2)cc1. The van der Waals surface area contributed by atoms with Crippen LogP contribution in [0, 0.1) is 5.82 Å². The molecule has 1 aliphatic rings. The van der Waals surface area contributed by atoms with Gasteiger partial charge >= 0.3 is 0 Å². The zero-order valence-electron chi connectivity index (χ0n) is 17.1. The van der Waals surface area contributed by atoms with Crippen LogP contribution in [-0.2, 0) is 0 Å². The molecule has 1 saturated heterocycles. The summed E-state index contributed by atoms with van der Waals surface area (Å²) in [6.45, 7) is 7.33. The van der Waals surface area contributed by atoms with Crippen molar-refractivity contribution in [1.29, 1.82) is 0 Å². The number of rotatable bonds is 7. The maximum Gasteiger partial charge on any atom is 0.253 e. The quantitative estimate of drug-likeness (QED) is 0.776. The van der Waals surface area contributed by atoms with Gasteiger partial charge in [0.25, 0.3) is 5.91 Å². The number of aliphatic hydroxyl groups excluding tert-OH is 1. The van der Waals surface area contributed by atoms with Gasteiger partial charge in [0.2, 0.25) is 0 Å². The minimum absolute atomic E-state index is 0.0300. The number of halogens is 1. The lowest BCUT2D eigenvalue weighted by molar-refractivity contribution is 0.0398. The normalized spacial score (nSPS) is 16.1. The lowest BCUT2D eigenvalue weighted by atomic mass is 10.0. The van der Waals surface area contributed by atoms with Crippen LogP contribution in [0.25, 0.3) is 0 Å². The molecule has 2 aromatic rings. The number of carbonyl (C=O) groups is 1. The summed E-state index contributed by atoms with van der Waals surface area (Å²) in [5.74, 6) is 0.193. The van der Waals surface area contributed by atoms with Crippen molar-refractivity contribution in [3.05, 3.63) is 65.5 Å². The summed E-state index contributed by atoms with van der Waals surface area (Å²) < 4.78 is 18.9. The molecule has 6 heteroatoms. The second-order valence-corrected chi connectivity index (χ2v) is 7.76. The molecule has 1 heterocycles. The van der Waals surface area contributed by atoms with Crippen LogP contribution in [0.1, 0.15) is 35.7 Å². The Morgan fingerprint density at radius 2 is 1.72 bits per heavy atom. The number of ether oxygens (including phenoxy) is 1. The lowest BCUT2D eigenvalue weighted by Gasteiger charge is -2.35. The number of hydrogen-bond donors (Lipinski definition) is 1. The zero-order valence-corrected chi connectivity index (χ0v) is 17.1. The minimum atomic E-state index is -0.722. The standard InChI is InChI=1S/C23H29FN2O3/c1-17(2)18-7-9-19(10-8-18)23(28)26-13-11-25(12-14-26)15-20(27)16-29-22-6-4-3-5-21(22)24/h3-10,17,20,27H,11-16H2,1-2H3/t20-/m1/s1. The Morgan fingerprint density at radius 3 is 2.34 bits per heavy atom. The average Bonchev–Trinajstić information content (AvgIpc) is 2.73. The Labute approximate surface area is 171 Å². The van der Waals surface area contributed by atoms with Gasteiger partial charge in [-0.3, -0.25) is 9.69 Å². The van der Waals surface area contributed by atoms with E-state index in [1.807, 2.05) is 29.2 Å². The first kappa shape index (κ1) is 21.3. The number of piperazine rings is 1. The van der Waals surface area contributed by atoms with Gasteiger partial charge in [0.05, 0.1) is 0 Å². The van der Waals surface area contributed by atoms with Crippen LogP contribution < -0.4 is 4.74 Å². The summed E-state index contributed by atoms with van der Waals surface area (Å²) in [4.78, 5) is 16.7. The van der Waals surface area contributed by atoms with E-state index in [1.165, 1.54) is 11.6 Å². The van der Waals surface area contributed by atoms with Crippen molar-refractivity contribution in [3.8, 4) is 5.75 Å². The van der Waals surface area contributed by atoms with Crippen molar-refractivity contribution >= 4 is 5.91 Å². The van der Waals surface area contributed by atoms with Gasteiger partial charge in [0.15, 0.2) is 11.6 Å².